The lowest BCUT2D eigenvalue weighted by Crippen LogP contribution is -2.31. The van der Waals surface area contributed by atoms with E-state index in [-0.39, 0.29) is 5.15 Å². The number of carbonyl (C=O) groups is 1. The van der Waals surface area contributed by atoms with Crippen LogP contribution in [0.5, 0.6) is 0 Å². The Bertz CT molecular complexity index is 438. The van der Waals surface area contributed by atoms with Gasteiger partial charge in [0.25, 0.3) is 0 Å². The molecule has 1 heterocycles. The van der Waals surface area contributed by atoms with E-state index in [9.17, 15) is 4.79 Å². The van der Waals surface area contributed by atoms with Gasteiger partial charge < -0.3 is 5.32 Å². The first-order valence-corrected chi connectivity index (χ1v) is 6.71. The van der Waals surface area contributed by atoms with Crippen molar-refractivity contribution in [1.29, 1.82) is 0 Å². The highest BCUT2D eigenvalue weighted by atomic mass is 35.5. The quantitative estimate of drug-likeness (QED) is 0.675. The minimum Gasteiger partial charge on any atom is -0.367 e. The SMILES string of the molecule is CC1CCC(Nc2ncnc(Cl)c2C=O)CC1C. The van der Waals surface area contributed by atoms with Crippen molar-refractivity contribution in [2.75, 3.05) is 5.32 Å². The van der Waals surface area contributed by atoms with Crippen LogP contribution in [-0.2, 0) is 0 Å². The monoisotopic (exact) mass is 267 g/mol. The average Bonchev–Trinajstić information content (AvgIpc) is 2.34. The molecule has 0 radical (unpaired) electrons. The Labute approximate surface area is 112 Å². The zero-order chi connectivity index (χ0) is 13.1. The smallest absolute Gasteiger partial charge is 0.156 e. The van der Waals surface area contributed by atoms with Gasteiger partial charge in [0.2, 0.25) is 0 Å². The van der Waals surface area contributed by atoms with Crippen LogP contribution in [-0.4, -0.2) is 22.3 Å². The zero-order valence-corrected chi connectivity index (χ0v) is 11.4. The van der Waals surface area contributed by atoms with Crippen molar-refractivity contribution in [2.45, 2.75) is 39.2 Å². The van der Waals surface area contributed by atoms with Gasteiger partial charge in [0.05, 0.1) is 5.56 Å². The van der Waals surface area contributed by atoms with Gasteiger partial charge in [-0.3, -0.25) is 4.79 Å². The maximum absolute atomic E-state index is 11.0. The molecule has 4 nitrogen and oxygen atoms in total. The maximum Gasteiger partial charge on any atom is 0.156 e. The summed E-state index contributed by atoms with van der Waals surface area (Å²) in [6, 6.07) is 0.362. The Kier molecular flexibility index (Phi) is 4.17. The van der Waals surface area contributed by atoms with Crippen LogP contribution < -0.4 is 5.32 Å². The van der Waals surface area contributed by atoms with Crippen molar-refractivity contribution in [2.24, 2.45) is 11.8 Å². The molecule has 0 aromatic carbocycles. The molecule has 0 spiro atoms. The summed E-state index contributed by atoms with van der Waals surface area (Å²) in [5.74, 6) is 2.01. The summed E-state index contributed by atoms with van der Waals surface area (Å²) in [6.07, 6.45) is 5.49. The molecule has 1 N–H and O–H groups in total. The van der Waals surface area contributed by atoms with E-state index in [4.69, 9.17) is 11.6 Å². The van der Waals surface area contributed by atoms with Gasteiger partial charge in [-0.1, -0.05) is 25.4 Å². The third kappa shape index (κ3) is 2.80. The molecule has 1 fully saturated rings. The zero-order valence-electron chi connectivity index (χ0n) is 10.7. The molecule has 0 amide bonds. The van der Waals surface area contributed by atoms with Crippen LogP contribution in [0.25, 0.3) is 0 Å². The molecule has 0 saturated heterocycles. The van der Waals surface area contributed by atoms with Crippen LogP contribution in [0, 0.1) is 11.8 Å². The predicted octanol–water partition coefficient (Wildman–Crippen LogP) is 3.18. The van der Waals surface area contributed by atoms with Crippen LogP contribution in [0.1, 0.15) is 43.5 Å². The summed E-state index contributed by atoms with van der Waals surface area (Å²) in [5.41, 5.74) is 0.352. The Morgan fingerprint density at radius 2 is 2.11 bits per heavy atom. The molecular formula is C13H18ClN3O. The number of nitrogens with zero attached hydrogens (tertiary/aromatic N) is 2. The second-order valence-corrected chi connectivity index (χ2v) is 5.51. The molecule has 0 aliphatic heterocycles. The normalized spacial score (nSPS) is 27.8. The second-order valence-electron chi connectivity index (χ2n) is 5.15. The van der Waals surface area contributed by atoms with Crippen molar-refractivity contribution in [3.63, 3.8) is 0 Å². The number of nitrogens with one attached hydrogen (secondary N) is 1. The summed E-state index contributed by atoms with van der Waals surface area (Å²) in [4.78, 5) is 18.9. The largest absolute Gasteiger partial charge is 0.367 e. The first kappa shape index (κ1) is 13.3. The fourth-order valence-electron chi connectivity index (χ4n) is 2.47. The number of aldehydes is 1. The molecule has 1 aliphatic rings. The van der Waals surface area contributed by atoms with Crippen LogP contribution in [0.2, 0.25) is 5.15 Å². The Morgan fingerprint density at radius 3 is 2.78 bits per heavy atom. The Balaban J connectivity index is 2.10. The van der Waals surface area contributed by atoms with Crippen LogP contribution in [0.3, 0.4) is 0 Å². The van der Waals surface area contributed by atoms with Crippen molar-refractivity contribution < 1.29 is 4.79 Å². The van der Waals surface area contributed by atoms with E-state index in [1.807, 2.05) is 0 Å². The fourth-order valence-corrected chi connectivity index (χ4v) is 2.64. The lowest BCUT2D eigenvalue weighted by atomic mass is 9.79. The van der Waals surface area contributed by atoms with E-state index >= 15 is 0 Å². The van der Waals surface area contributed by atoms with Gasteiger partial charge in [-0.15, -0.1) is 0 Å². The number of carbonyl (C=O) groups excluding carboxylic acids is 1. The molecule has 1 aromatic heterocycles. The number of halogens is 1. The molecule has 5 heteroatoms. The lowest BCUT2D eigenvalue weighted by Gasteiger charge is -2.32. The molecule has 3 unspecified atom stereocenters. The van der Waals surface area contributed by atoms with Gasteiger partial charge in [-0.05, 0) is 31.1 Å². The summed E-state index contributed by atoms with van der Waals surface area (Å²) < 4.78 is 0. The minimum atomic E-state index is 0.208. The van der Waals surface area contributed by atoms with Gasteiger partial charge >= 0.3 is 0 Å². The second kappa shape index (κ2) is 5.65. The van der Waals surface area contributed by atoms with E-state index in [1.165, 1.54) is 12.7 Å². The van der Waals surface area contributed by atoms with E-state index in [0.29, 0.717) is 29.6 Å². The molecule has 18 heavy (non-hydrogen) atoms. The Hall–Kier alpha value is -1.16. The van der Waals surface area contributed by atoms with Crippen molar-refractivity contribution in [1.82, 2.24) is 9.97 Å². The van der Waals surface area contributed by atoms with Crippen molar-refractivity contribution >= 4 is 23.7 Å². The number of aromatic nitrogens is 2. The minimum absolute atomic E-state index is 0.208. The average molecular weight is 268 g/mol. The highest BCUT2D eigenvalue weighted by Gasteiger charge is 2.25. The van der Waals surface area contributed by atoms with Crippen LogP contribution in [0.15, 0.2) is 6.33 Å². The molecule has 2 rings (SSSR count). The van der Waals surface area contributed by atoms with Crippen LogP contribution >= 0.6 is 11.6 Å². The third-order valence-corrected chi connectivity index (χ3v) is 4.19. The first-order valence-electron chi connectivity index (χ1n) is 6.34. The van der Waals surface area contributed by atoms with Crippen molar-refractivity contribution in [3.8, 4) is 0 Å². The molecule has 98 valence electrons. The van der Waals surface area contributed by atoms with Crippen molar-refractivity contribution in [3.05, 3.63) is 17.0 Å². The molecule has 0 bridgehead atoms. The molecule has 1 aromatic rings. The number of rotatable bonds is 3. The third-order valence-electron chi connectivity index (χ3n) is 3.89. The van der Waals surface area contributed by atoms with Gasteiger partial charge in [0.15, 0.2) is 6.29 Å². The first-order chi connectivity index (χ1) is 8.61. The highest BCUT2D eigenvalue weighted by molar-refractivity contribution is 6.32. The predicted molar refractivity (Wildman–Crippen MR) is 72.0 cm³/mol. The van der Waals surface area contributed by atoms with Gasteiger partial charge in [-0.25, -0.2) is 9.97 Å². The summed E-state index contributed by atoms with van der Waals surface area (Å²) in [6.45, 7) is 4.56. The topological polar surface area (TPSA) is 54.9 Å². The van der Waals surface area contributed by atoms with E-state index in [0.717, 1.165) is 18.8 Å². The summed E-state index contributed by atoms with van der Waals surface area (Å²) in [5, 5.41) is 3.53. The maximum atomic E-state index is 11.0. The van der Waals surface area contributed by atoms with E-state index < -0.39 is 0 Å². The molecule has 1 saturated carbocycles. The van der Waals surface area contributed by atoms with E-state index in [2.05, 4.69) is 29.1 Å². The summed E-state index contributed by atoms with van der Waals surface area (Å²) in [7, 11) is 0. The number of anilines is 1. The molecule has 3 atom stereocenters. The summed E-state index contributed by atoms with van der Waals surface area (Å²) >= 11 is 5.88. The molecular weight excluding hydrogens is 250 g/mol. The van der Waals surface area contributed by atoms with Gasteiger partial charge in [0, 0.05) is 6.04 Å². The van der Waals surface area contributed by atoms with Gasteiger partial charge in [0.1, 0.15) is 17.3 Å². The molecule has 1 aliphatic carbocycles. The standard InChI is InChI=1S/C13H18ClN3O/c1-8-3-4-10(5-9(8)2)17-13-11(6-18)12(14)15-7-16-13/h6-10H,3-5H2,1-2H3,(H,15,16,17). The fraction of sp³-hybridized carbons (Fsp3) is 0.615. The van der Waals surface area contributed by atoms with Gasteiger partial charge in [-0.2, -0.15) is 0 Å². The van der Waals surface area contributed by atoms with Crippen LogP contribution in [0.4, 0.5) is 5.82 Å². The lowest BCUT2D eigenvalue weighted by molar-refractivity contribution is 0.112. The number of hydrogen-bond donors (Lipinski definition) is 1. The Morgan fingerprint density at radius 1 is 1.33 bits per heavy atom. The van der Waals surface area contributed by atoms with E-state index in [1.54, 1.807) is 0 Å². The number of hydrogen-bond acceptors (Lipinski definition) is 4. The highest BCUT2D eigenvalue weighted by Crippen LogP contribution is 2.31.